The summed E-state index contributed by atoms with van der Waals surface area (Å²) in [6.07, 6.45) is 14.6. The Bertz CT molecular complexity index is 1120. The molecule has 0 aliphatic carbocycles. The minimum Gasteiger partial charge on any atom is -0.456 e. The average Bonchev–Trinajstić information content (AvgIpc) is 2.86. The van der Waals surface area contributed by atoms with Crippen LogP contribution in [0.5, 0.6) is 0 Å². The van der Waals surface area contributed by atoms with E-state index in [0.29, 0.717) is 0 Å². The predicted molar refractivity (Wildman–Crippen MR) is 173 cm³/mol. The van der Waals surface area contributed by atoms with Gasteiger partial charge in [-0.05, 0) is 77.5 Å². The summed E-state index contributed by atoms with van der Waals surface area (Å²) >= 11 is 0. The molecule has 1 atom stereocenters. The SMILES string of the molecule is C#CC#CC#CC#CC#CC#CC#CC(=O)OC[C@@H](CO)OC(=O)CCCCCCCCCCC.S.[HH].[HH].[HH].[HH].[HH].[HH].[HH].[HH].[HH].[HH].[HH].[HH].[HH]. The molecule has 0 heterocycles. The van der Waals surface area contributed by atoms with Crippen molar-refractivity contribution in [3.63, 3.8) is 0 Å². The second-order valence-electron chi connectivity index (χ2n) is 7.12. The van der Waals surface area contributed by atoms with Gasteiger partial charge in [0.15, 0.2) is 6.10 Å². The van der Waals surface area contributed by atoms with Gasteiger partial charge < -0.3 is 14.6 Å². The molecule has 0 rings (SSSR count). The number of hydrogen-bond acceptors (Lipinski definition) is 5. The Kier molecular flexibility index (Phi) is 26.1. The number of hydrogen-bond donors (Lipinski definition) is 1. The van der Waals surface area contributed by atoms with Crippen LogP contribution in [0.3, 0.4) is 0 Å². The molecule has 0 aromatic carbocycles. The van der Waals surface area contributed by atoms with Crippen LogP contribution in [0.1, 0.15) is 89.7 Å². The van der Waals surface area contributed by atoms with Crippen LogP contribution < -0.4 is 0 Å². The minimum absolute atomic E-state index is 0. The zero-order chi connectivity index (χ0) is 25.8. The van der Waals surface area contributed by atoms with Crippen molar-refractivity contribution in [1.29, 1.82) is 0 Å². The molecule has 0 aliphatic rings. The van der Waals surface area contributed by atoms with E-state index in [0.717, 1.165) is 19.3 Å². The quantitative estimate of drug-likeness (QED) is 0.123. The van der Waals surface area contributed by atoms with E-state index in [2.05, 4.69) is 83.9 Å². The summed E-state index contributed by atoms with van der Waals surface area (Å²) in [5, 5.41) is 9.33. The average molecular weight is 531 g/mol. The second-order valence-corrected chi connectivity index (χ2v) is 7.12. The summed E-state index contributed by atoms with van der Waals surface area (Å²) in [6.45, 7) is 1.46. The number of terminal acetylenes is 1. The lowest BCUT2D eigenvalue weighted by Crippen LogP contribution is -2.28. The normalized spacial score (nSPS) is 8.69. The fraction of sp³-hybridized carbons (Fsp3) is 0.467. The predicted octanol–water partition coefficient (Wildman–Crippen LogP) is 6.32. The third-order valence-electron chi connectivity index (χ3n) is 4.25. The first-order chi connectivity index (χ1) is 17.1. The van der Waals surface area contributed by atoms with E-state index in [1.54, 1.807) is 0 Å². The monoisotopic (exact) mass is 530 g/mol. The van der Waals surface area contributed by atoms with Gasteiger partial charge in [-0.1, -0.05) is 58.3 Å². The van der Waals surface area contributed by atoms with Gasteiger partial charge in [-0.15, -0.1) is 6.42 Å². The van der Waals surface area contributed by atoms with E-state index in [-0.39, 0.29) is 45.1 Å². The summed E-state index contributed by atoms with van der Waals surface area (Å²) in [5.74, 6) is 29.3. The Balaban J connectivity index is -0.0000000635. The van der Waals surface area contributed by atoms with E-state index in [1.807, 2.05) is 0 Å². The number of aliphatic hydroxyl groups excluding tert-OH is 1. The Morgan fingerprint density at radius 3 is 1.75 bits per heavy atom. The van der Waals surface area contributed by atoms with Crippen molar-refractivity contribution in [3.8, 4) is 83.4 Å². The van der Waals surface area contributed by atoms with E-state index in [9.17, 15) is 14.7 Å². The highest BCUT2D eigenvalue weighted by Gasteiger charge is 2.15. The van der Waals surface area contributed by atoms with Gasteiger partial charge in [-0.25, -0.2) is 4.79 Å². The van der Waals surface area contributed by atoms with Crippen LogP contribution >= 0.6 is 13.5 Å². The van der Waals surface area contributed by atoms with Crippen molar-refractivity contribution in [2.75, 3.05) is 13.2 Å². The van der Waals surface area contributed by atoms with Gasteiger partial charge >= 0.3 is 11.9 Å². The maximum absolute atomic E-state index is 11.9. The molecule has 0 aromatic rings. The minimum atomic E-state index is -0.928. The van der Waals surface area contributed by atoms with Crippen LogP contribution in [0, 0.1) is 83.4 Å². The van der Waals surface area contributed by atoms with Crippen molar-refractivity contribution < 1.29 is 42.7 Å². The lowest BCUT2D eigenvalue weighted by atomic mass is 10.1. The molecule has 1 N–H and O–H groups in total. The molecule has 0 unspecified atom stereocenters. The van der Waals surface area contributed by atoms with Gasteiger partial charge in [0.2, 0.25) is 0 Å². The van der Waals surface area contributed by atoms with Gasteiger partial charge in [0, 0.05) is 30.9 Å². The first-order valence-corrected chi connectivity index (χ1v) is 11.6. The Labute approximate surface area is 242 Å². The number of esters is 2. The van der Waals surface area contributed by atoms with Gasteiger partial charge in [-0.2, -0.15) is 13.5 Å². The van der Waals surface area contributed by atoms with E-state index in [1.165, 1.54) is 38.5 Å². The van der Waals surface area contributed by atoms with Crippen molar-refractivity contribution in [1.82, 2.24) is 0 Å². The Hall–Kier alpha value is -3.83. The molecular formula is C30H58O5S. The molecule has 0 aliphatic heterocycles. The van der Waals surface area contributed by atoms with Gasteiger partial charge in [0.25, 0.3) is 0 Å². The maximum Gasteiger partial charge on any atom is 0.385 e. The maximum atomic E-state index is 11.9. The van der Waals surface area contributed by atoms with Crippen LogP contribution in [0.25, 0.3) is 0 Å². The number of unbranched alkanes of at least 4 members (excludes halogenated alkanes) is 8. The van der Waals surface area contributed by atoms with Crippen molar-refractivity contribution in [3.05, 3.63) is 0 Å². The van der Waals surface area contributed by atoms with Crippen LogP contribution in [-0.2, 0) is 19.1 Å². The van der Waals surface area contributed by atoms with Crippen molar-refractivity contribution in [2.45, 2.75) is 77.2 Å². The molecule has 36 heavy (non-hydrogen) atoms. The van der Waals surface area contributed by atoms with Crippen LogP contribution in [0.4, 0.5) is 0 Å². The second kappa shape index (κ2) is 27.4. The van der Waals surface area contributed by atoms with Crippen molar-refractivity contribution >= 4 is 25.4 Å². The fourth-order valence-corrected chi connectivity index (χ4v) is 2.55. The lowest BCUT2D eigenvalue weighted by Gasteiger charge is -2.14. The highest BCUT2D eigenvalue weighted by Crippen LogP contribution is 2.11. The van der Waals surface area contributed by atoms with E-state index in [4.69, 9.17) is 15.9 Å². The number of aliphatic hydroxyl groups is 1. The topological polar surface area (TPSA) is 72.8 Å². The third-order valence-corrected chi connectivity index (χ3v) is 4.25. The molecule has 5 nitrogen and oxygen atoms in total. The third kappa shape index (κ3) is 24.8. The van der Waals surface area contributed by atoms with Gasteiger partial charge in [-0.3, -0.25) is 4.79 Å². The molecule has 0 aromatic heterocycles. The lowest BCUT2D eigenvalue weighted by molar-refractivity contribution is -0.159. The summed E-state index contributed by atoms with van der Waals surface area (Å²) < 4.78 is 10.0. The Morgan fingerprint density at radius 1 is 0.778 bits per heavy atom. The number of carbonyl (C=O) groups excluding carboxylic acids is 2. The number of ether oxygens (including phenoxy) is 2. The molecule has 0 spiro atoms. The van der Waals surface area contributed by atoms with Crippen molar-refractivity contribution in [2.24, 2.45) is 0 Å². The summed E-state index contributed by atoms with van der Waals surface area (Å²) in [4.78, 5) is 23.5. The van der Waals surface area contributed by atoms with Crippen LogP contribution in [0.2, 0.25) is 0 Å². The number of carbonyl (C=O) groups is 2. The van der Waals surface area contributed by atoms with E-state index < -0.39 is 24.6 Å². The van der Waals surface area contributed by atoms with Crippen LogP contribution in [0.15, 0.2) is 0 Å². The fourth-order valence-electron chi connectivity index (χ4n) is 2.55. The van der Waals surface area contributed by atoms with Gasteiger partial charge in [0.1, 0.15) is 6.61 Å². The highest BCUT2D eigenvalue weighted by atomic mass is 32.1. The first kappa shape index (κ1) is 34.3. The largest absolute Gasteiger partial charge is 0.456 e. The molecule has 0 amide bonds. The molecule has 214 valence electrons. The summed E-state index contributed by atoms with van der Waals surface area (Å²) in [5.41, 5.74) is 0. The molecule has 0 saturated carbocycles. The molecule has 0 saturated heterocycles. The molecule has 6 heteroatoms. The number of rotatable bonds is 14. The molecular weight excluding hydrogens is 472 g/mol. The molecule has 0 fully saturated rings. The first-order valence-electron chi connectivity index (χ1n) is 11.6. The Morgan fingerprint density at radius 2 is 1.25 bits per heavy atom. The standard InChI is InChI=1S/C30H30O5.H2S.13H2/c1-3-5-7-9-11-13-14-15-17-18-20-22-24-29(32)34-27-28(26-31)35-30(33)25-23-21-19-16-12-10-8-6-4-2;;;;;;;;;;;;;;/h1,28,31H,4,6,8,10,12,16,19,21,23,25-27H2,2H3;1H2;13*1H/t28-;;;;;;;;;;;;;;/m1............../s1. The zero-order valence-corrected chi connectivity index (χ0v) is 21.7. The molecule has 0 bridgehead atoms. The van der Waals surface area contributed by atoms with Gasteiger partial charge in [0.05, 0.1) is 6.61 Å². The highest BCUT2D eigenvalue weighted by molar-refractivity contribution is 7.59. The zero-order valence-electron chi connectivity index (χ0n) is 20.7. The van der Waals surface area contributed by atoms with Crippen LogP contribution in [-0.4, -0.2) is 36.4 Å². The summed E-state index contributed by atoms with van der Waals surface area (Å²) in [7, 11) is 0. The summed E-state index contributed by atoms with van der Waals surface area (Å²) in [6, 6.07) is 0. The van der Waals surface area contributed by atoms with E-state index >= 15 is 0 Å². The molecule has 0 radical (unpaired) electrons. The smallest absolute Gasteiger partial charge is 0.385 e.